The van der Waals surface area contributed by atoms with E-state index in [0.717, 1.165) is 25.7 Å². The van der Waals surface area contributed by atoms with Gasteiger partial charge in [0.2, 0.25) is 5.91 Å². The molecule has 0 spiro atoms. The van der Waals surface area contributed by atoms with Gasteiger partial charge in [-0.15, -0.1) is 0 Å². The molecule has 0 aromatic rings. The lowest BCUT2D eigenvalue weighted by Gasteiger charge is -2.26. The van der Waals surface area contributed by atoms with Crippen LogP contribution in [-0.4, -0.2) is 29.2 Å². The maximum atomic E-state index is 12.2. The zero-order valence-corrected chi connectivity index (χ0v) is 11.4. The Bertz CT molecular complexity index is 357. The molecule has 1 aliphatic rings. The van der Waals surface area contributed by atoms with E-state index in [0.29, 0.717) is 5.92 Å². The standard InChI is InChI=1S/C13H20F3NO3/c1-8-3-2-4-9(5-8)6-11(18)17-10(12(19)20)7-13(14,15)16/h8-10H,2-7H2,1H3,(H,17,18)(H,19,20). The Morgan fingerprint density at radius 1 is 1.35 bits per heavy atom. The van der Waals surface area contributed by atoms with Crippen LogP contribution in [0.2, 0.25) is 0 Å². The molecule has 0 saturated heterocycles. The molecule has 1 rings (SSSR count). The van der Waals surface area contributed by atoms with Crippen molar-refractivity contribution in [3.63, 3.8) is 0 Å². The van der Waals surface area contributed by atoms with Crippen molar-refractivity contribution >= 4 is 11.9 Å². The fourth-order valence-electron chi connectivity index (χ4n) is 2.69. The number of aliphatic carboxylic acids is 1. The molecule has 1 saturated carbocycles. The van der Waals surface area contributed by atoms with Crippen LogP contribution >= 0.6 is 0 Å². The van der Waals surface area contributed by atoms with Crippen LogP contribution in [0.4, 0.5) is 13.2 Å². The first-order chi connectivity index (χ1) is 9.17. The van der Waals surface area contributed by atoms with Gasteiger partial charge in [0.25, 0.3) is 0 Å². The molecule has 7 heteroatoms. The van der Waals surface area contributed by atoms with Crippen LogP contribution in [-0.2, 0) is 9.59 Å². The molecule has 116 valence electrons. The zero-order chi connectivity index (χ0) is 15.3. The average Bonchev–Trinajstić information content (AvgIpc) is 2.25. The summed E-state index contributed by atoms with van der Waals surface area (Å²) in [6.07, 6.45) is -2.22. The summed E-state index contributed by atoms with van der Waals surface area (Å²) >= 11 is 0. The third-order valence-electron chi connectivity index (χ3n) is 3.59. The Morgan fingerprint density at radius 2 is 2.00 bits per heavy atom. The second-order valence-corrected chi connectivity index (χ2v) is 5.62. The molecule has 0 radical (unpaired) electrons. The highest BCUT2D eigenvalue weighted by atomic mass is 19.4. The van der Waals surface area contributed by atoms with E-state index in [1.54, 1.807) is 0 Å². The van der Waals surface area contributed by atoms with Crippen molar-refractivity contribution in [2.75, 3.05) is 0 Å². The van der Waals surface area contributed by atoms with E-state index >= 15 is 0 Å². The van der Waals surface area contributed by atoms with Gasteiger partial charge in [-0.1, -0.05) is 19.8 Å². The first-order valence-corrected chi connectivity index (χ1v) is 6.76. The normalized spacial score (nSPS) is 25.0. The molecule has 0 bridgehead atoms. The van der Waals surface area contributed by atoms with Crippen LogP contribution in [0.5, 0.6) is 0 Å². The summed E-state index contributed by atoms with van der Waals surface area (Å²) < 4.78 is 36.6. The molecule has 4 nitrogen and oxygen atoms in total. The molecule has 2 N–H and O–H groups in total. The van der Waals surface area contributed by atoms with Crippen molar-refractivity contribution in [2.45, 2.75) is 57.7 Å². The highest BCUT2D eigenvalue weighted by molar-refractivity contribution is 5.83. The van der Waals surface area contributed by atoms with E-state index in [2.05, 4.69) is 6.92 Å². The minimum Gasteiger partial charge on any atom is -0.480 e. The number of nitrogens with one attached hydrogen (secondary N) is 1. The monoisotopic (exact) mass is 295 g/mol. The number of halogens is 3. The summed E-state index contributed by atoms with van der Waals surface area (Å²) in [5.74, 6) is -1.63. The number of carbonyl (C=O) groups excluding carboxylic acids is 1. The lowest BCUT2D eigenvalue weighted by atomic mass is 9.81. The maximum absolute atomic E-state index is 12.2. The fourth-order valence-corrected chi connectivity index (χ4v) is 2.69. The second kappa shape index (κ2) is 6.95. The molecule has 0 aromatic heterocycles. The lowest BCUT2D eigenvalue weighted by molar-refractivity contribution is -0.160. The van der Waals surface area contributed by atoms with Gasteiger partial charge in [0.15, 0.2) is 0 Å². The molecule has 0 heterocycles. The van der Waals surface area contributed by atoms with Crippen molar-refractivity contribution in [2.24, 2.45) is 11.8 Å². The molecular weight excluding hydrogens is 275 g/mol. The van der Waals surface area contributed by atoms with E-state index in [4.69, 9.17) is 5.11 Å². The van der Waals surface area contributed by atoms with Crippen LogP contribution in [0.3, 0.4) is 0 Å². The molecule has 1 aliphatic carbocycles. The fraction of sp³-hybridized carbons (Fsp3) is 0.846. The number of rotatable bonds is 5. The van der Waals surface area contributed by atoms with Crippen LogP contribution in [0.25, 0.3) is 0 Å². The third-order valence-corrected chi connectivity index (χ3v) is 3.59. The minimum absolute atomic E-state index is 0.103. The Hall–Kier alpha value is -1.27. The predicted molar refractivity (Wildman–Crippen MR) is 66.0 cm³/mol. The van der Waals surface area contributed by atoms with Crippen LogP contribution in [0.1, 0.15) is 45.4 Å². The highest BCUT2D eigenvalue weighted by Crippen LogP contribution is 2.30. The summed E-state index contributed by atoms with van der Waals surface area (Å²) in [5.41, 5.74) is 0. The number of alkyl halides is 3. The summed E-state index contributed by atoms with van der Waals surface area (Å²) in [4.78, 5) is 22.4. The van der Waals surface area contributed by atoms with Gasteiger partial charge in [-0.25, -0.2) is 4.79 Å². The van der Waals surface area contributed by atoms with Gasteiger partial charge in [0, 0.05) is 6.42 Å². The van der Waals surface area contributed by atoms with Crippen molar-refractivity contribution < 1.29 is 27.9 Å². The van der Waals surface area contributed by atoms with Gasteiger partial charge in [0.05, 0.1) is 6.42 Å². The maximum Gasteiger partial charge on any atom is 0.391 e. The first kappa shape index (κ1) is 16.8. The van der Waals surface area contributed by atoms with E-state index in [1.807, 2.05) is 5.32 Å². The summed E-state index contributed by atoms with van der Waals surface area (Å²) in [5, 5.41) is 10.7. The van der Waals surface area contributed by atoms with Crippen molar-refractivity contribution in [1.82, 2.24) is 5.32 Å². The molecular formula is C13H20F3NO3. The SMILES string of the molecule is CC1CCCC(CC(=O)NC(CC(F)(F)F)C(=O)O)C1. The third kappa shape index (κ3) is 6.25. The summed E-state index contributed by atoms with van der Waals surface area (Å²) in [6, 6.07) is -1.90. The minimum atomic E-state index is -4.62. The molecule has 0 aromatic carbocycles. The number of carbonyl (C=O) groups is 2. The van der Waals surface area contributed by atoms with Crippen molar-refractivity contribution in [3.05, 3.63) is 0 Å². The zero-order valence-electron chi connectivity index (χ0n) is 11.4. The van der Waals surface area contributed by atoms with Gasteiger partial charge in [-0.2, -0.15) is 13.2 Å². The quantitative estimate of drug-likeness (QED) is 0.819. The number of carboxylic acids is 1. The summed E-state index contributed by atoms with van der Waals surface area (Å²) in [6.45, 7) is 2.08. The van der Waals surface area contributed by atoms with E-state index in [9.17, 15) is 22.8 Å². The Kier molecular flexibility index (Phi) is 5.83. The van der Waals surface area contributed by atoms with E-state index < -0.39 is 30.5 Å². The molecule has 3 unspecified atom stereocenters. The molecule has 1 fully saturated rings. The number of carboxylic acid groups (broad SMARTS) is 1. The van der Waals surface area contributed by atoms with Gasteiger partial charge in [0.1, 0.15) is 6.04 Å². The van der Waals surface area contributed by atoms with Gasteiger partial charge >= 0.3 is 12.1 Å². The first-order valence-electron chi connectivity index (χ1n) is 6.76. The number of hydrogen-bond donors (Lipinski definition) is 2. The molecule has 3 atom stereocenters. The largest absolute Gasteiger partial charge is 0.480 e. The lowest BCUT2D eigenvalue weighted by Crippen LogP contribution is -2.44. The van der Waals surface area contributed by atoms with Gasteiger partial charge < -0.3 is 10.4 Å². The van der Waals surface area contributed by atoms with E-state index in [-0.39, 0.29) is 12.3 Å². The topological polar surface area (TPSA) is 66.4 Å². The Morgan fingerprint density at radius 3 is 2.50 bits per heavy atom. The van der Waals surface area contributed by atoms with Gasteiger partial charge in [-0.05, 0) is 24.7 Å². The number of amides is 1. The second-order valence-electron chi connectivity index (χ2n) is 5.62. The van der Waals surface area contributed by atoms with E-state index in [1.165, 1.54) is 0 Å². The Balaban J connectivity index is 2.47. The smallest absolute Gasteiger partial charge is 0.391 e. The Labute approximate surface area is 115 Å². The molecule has 20 heavy (non-hydrogen) atoms. The summed E-state index contributed by atoms with van der Waals surface area (Å²) in [7, 11) is 0. The molecule has 1 amide bonds. The number of hydrogen-bond acceptors (Lipinski definition) is 2. The van der Waals surface area contributed by atoms with Crippen LogP contribution < -0.4 is 5.32 Å². The van der Waals surface area contributed by atoms with Crippen molar-refractivity contribution in [3.8, 4) is 0 Å². The molecule has 0 aliphatic heterocycles. The average molecular weight is 295 g/mol. The van der Waals surface area contributed by atoms with Crippen molar-refractivity contribution in [1.29, 1.82) is 0 Å². The predicted octanol–water partition coefficient (Wildman–Crippen LogP) is 2.72. The van der Waals surface area contributed by atoms with Gasteiger partial charge in [-0.3, -0.25) is 4.79 Å². The highest BCUT2D eigenvalue weighted by Gasteiger charge is 2.36. The van der Waals surface area contributed by atoms with Crippen LogP contribution in [0.15, 0.2) is 0 Å². The van der Waals surface area contributed by atoms with Crippen LogP contribution in [0, 0.1) is 11.8 Å².